The highest BCUT2D eigenvalue weighted by molar-refractivity contribution is 7.99. The maximum atomic E-state index is 5.83. The molecule has 2 aliphatic rings. The molecule has 0 spiro atoms. The van der Waals surface area contributed by atoms with Crippen LogP contribution in [0.4, 0.5) is 5.69 Å². The van der Waals surface area contributed by atoms with E-state index in [1.165, 1.54) is 35.5 Å². The zero-order chi connectivity index (χ0) is 11.0. The molecule has 1 unspecified atom stereocenters. The Morgan fingerprint density at radius 2 is 2.12 bits per heavy atom. The van der Waals surface area contributed by atoms with Crippen LogP contribution in [0.1, 0.15) is 24.0 Å². The predicted molar refractivity (Wildman–Crippen MR) is 70.4 cm³/mol. The molecular formula is C13H18N2S. The Morgan fingerprint density at radius 1 is 1.25 bits per heavy atom. The van der Waals surface area contributed by atoms with Gasteiger partial charge in [-0.1, -0.05) is 6.07 Å². The summed E-state index contributed by atoms with van der Waals surface area (Å²) in [6.45, 7) is 2.23. The first-order valence-corrected chi connectivity index (χ1v) is 7.17. The van der Waals surface area contributed by atoms with Crippen LogP contribution in [0.2, 0.25) is 0 Å². The van der Waals surface area contributed by atoms with Crippen LogP contribution in [0, 0.1) is 0 Å². The third-order valence-electron chi connectivity index (χ3n) is 3.63. The van der Waals surface area contributed by atoms with Gasteiger partial charge in [-0.05, 0) is 41.9 Å². The van der Waals surface area contributed by atoms with Crippen LogP contribution in [-0.2, 0) is 13.1 Å². The second kappa shape index (κ2) is 4.30. The molecule has 1 fully saturated rings. The molecule has 2 heterocycles. The average Bonchev–Trinajstić information content (AvgIpc) is 2.73. The Labute approximate surface area is 101 Å². The maximum absolute atomic E-state index is 5.83. The molecular weight excluding hydrogens is 216 g/mol. The molecule has 0 saturated carbocycles. The van der Waals surface area contributed by atoms with Crippen LogP contribution in [0.5, 0.6) is 0 Å². The van der Waals surface area contributed by atoms with Crippen molar-refractivity contribution in [2.75, 3.05) is 17.2 Å². The molecule has 0 aromatic heterocycles. The summed E-state index contributed by atoms with van der Waals surface area (Å²) in [4.78, 5) is 2.62. The molecule has 3 heteroatoms. The van der Waals surface area contributed by atoms with Crippen LogP contribution < -0.4 is 5.73 Å². The van der Waals surface area contributed by atoms with Crippen molar-refractivity contribution in [3.63, 3.8) is 0 Å². The highest BCUT2D eigenvalue weighted by Crippen LogP contribution is 2.30. The van der Waals surface area contributed by atoms with Crippen molar-refractivity contribution in [3.8, 4) is 0 Å². The molecule has 16 heavy (non-hydrogen) atoms. The van der Waals surface area contributed by atoms with Gasteiger partial charge in [0.25, 0.3) is 0 Å². The van der Waals surface area contributed by atoms with E-state index in [1.54, 1.807) is 0 Å². The van der Waals surface area contributed by atoms with Gasteiger partial charge in [-0.15, -0.1) is 0 Å². The van der Waals surface area contributed by atoms with Crippen molar-refractivity contribution in [2.45, 2.75) is 32.0 Å². The van der Waals surface area contributed by atoms with Crippen molar-refractivity contribution in [1.82, 2.24) is 4.90 Å². The first-order valence-electron chi connectivity index (χ1n) is 6.02. The lowest BCUT2D eigenvalue weighted by Crippen LogP contribution is -2.34. The smallest absolute Gasteiger partial charge is 0.0317 e. The summed E-state index contributed by atoms with van der Waals surface area (Å²) < 4.78 is 0. The van der Waals surface area contributed by atoms with Crippen molar-refractivity contribution in [3.05, 3.63) is 29.3 Å². The number of fused-ring (bicyclic) bond motifs is 1. The van der Waals surface area contributed by atoms with E-state index in [4.69, 9.17) is 5.73 Å². The Kier molecular flexibility index (Phi) is 2.82. The number of anilines is 1. The van der Waals surface area contributed by atoms with E-state index < -0.39 is 0 Å². The highest BCUT2D eigenvalue weighted by Gasteiger charge is 2.26. The minimum absolute atomic E-state index is 0.785. The zero-order valence-corrected chi connectivity index (χ0v) is 10.3. The number of benzene rings is 1. The average molecular weight is 234 g/mol. The summed E-state index contributed by atoms with van der Waals surface area (Å²) in [5, 5.41) is 0. The lowest BCUT2D eigenvalue weighted by molar-refractivity contribution is 0.203. The maximum Gasteiger partial charge on any atom is 0.0317 e. The molecule has 2 aliphatic heterocycles. The molecule has 0 aliphatic carbocycles. The minimum Gasteiger partial charge on any atom is -0.399 e. The third-order valence-corrected chi connectivity index (χ3v) is 4.83. The van der Waals surface area contributed by atoms with Crippen molar-refractivity contribution in [2.24, 2.45) is 0 Å². The van der Waals surface area contributed by atoms with Gasteiger partial charge in [0.15, 0.2) is 0 Å². The Bertz CT molecular complexity index is 386. The second-order valence-corrected chi connectivity index (χ2v) is 5.95. The summed E-state index contributed by atoms with van der Waals surface area (Å²) in [5.41, 5.74) is 9.65. The first kappa shape index (κ1) is 10.5. The second-order valence-electron chi connectivity index (χ2n) is 4.80. The number of hydrogen-bond donors (Lipinski definition) is 1. The van der Waals surface area contributed by atoms with Gasteiger partial charge < -0.3 is 5.73 Å². The van der Waals surface area contributed by atoms with Crippen LogP contribution in [-0.4, -0.2) is 22.4 Å². The van der Waals surface area contributed by atoms with E-state index in [0.29, 0.717) is 0 Å². The van der Waals surface area contributed by atoms with E-state index in [0.717, 1.165) is 24.8 Å². The fourth-order valence-corrected chi connectivity index (χ4v) is 3.90. The minimum atomic E-state index is 0.785. The molecule has 86 valence electrons. The van der Waals surface area contributed by atoms with Crippen LogP contribution in [0.15, 0.2) is 18.2 Å². The number of hydrogen-bond acceptors (Lipinski definition) is 3. The van der Waals surface area contributed by atoms with Gasteiger partial charge in [0.2, 0.25) is 0 Å². The molecule has 1 aromatic rings. The fraction of sp³-hybridized carbons (Fsp3) is 0.538. The van der Waals surface area contributed by atoms with Gasteiger partial charge in [-0.3, -0.25) is 4.90 Å². The number of nitrogens with two attached hydrogens (primary N) is 1. The molecule has 0 amide bonds. The summed E-state index contributed by atoms with van der Waals surface area (Å²) in [7, 11) is 0. The molecule has 0 radical (unpaired) electrons. The van der Waals surface area contributed by atoms with Gasteiger partial charge >= 0.3 is 0 Å². The summed E-state index contributed by atoms with van der Waals surface area (Å²) in [6.07, 6.45) is 2.75. The lowest BCUT2D eigenvalue weighted by atomic mass is 10.1. The zero-order valence-electron chi connectivity index (χ0n) is 9.48. The van der Waals surface area contributed by atoms with E-state index in [-0.39, 0.29) is 0 Å². The van der Waals surface area contributed by atoms with Crippen LogP contribution in [0.3, 0.4) is 0 Å². The van der Waals surface area contributed by atoms with Gasteiger partial charge in [0, 0.05) is 30.6 Å². The summed E-state index contributed by atoms with van der Waals surface area (Å²) in [5.74, 6) is 2.66. The quantitative estimate of drug-likeness (QED) is 0.757. The summed E-state index contributed by atoms with van der Waals surface area (Å²) in [6, 6.07) is 7.15. The molecule has 0 bridgehead atoms. The van der Waals surface area contributed by atoms with E-state index >= 15 is 0 Å². The van der Waals surface area contributed by atoms with Crippen molar-refractivity contribution >= 4 is 17.4 Å². The van der Waals surface area contributed by atoms with E-state index in [2.05, 4.69) is 28.8 Å². The summed E-state index contributed by atoms with van der Waals surface area (Å²) >= 11 is 2.11. The van der Waals surface area contributed by atoms with Crippen molar-refractivity contribution in [1.29, 1.82) is 0 Å². The van der Waals surface area contributed by atoms with Gasteiger partial charge in [0.1, 0.15) is 0 Å². The SMILES string of the molecule is Nc1ccc2c(c1)CN(C1CCCSC1)C2. The Balaban J connectivity index is 1.74. The van der Waals surface area contributed by atoms with Crippen LogP contribution in [0.25, 0.3) is 0 Å². The first-order chi connectivity index (χ1) is 7.83. The monoisotopic (exact) mass is 234 g/mol. The fourth-order valence-electron chi connectivity index (χ4n) is 2.71. The normalized spacial score (nSPS) is 25.6. The van der Waals surface area contributed by atoms with E-state index in [1.807, 2.05) is 6.07 Å². The molecule has 1 atom stereocenters. The number of nitrogen functional groups attached to an aromatic ring is 1. The number of rotatable bonds is 1. The van der Waals surface area contributed by atoms with E-state index in [9.17, 15) is 0 Å². The third kappa shape index (κ3) is 1.94. The Hall–Kier alpha value is -0.670. The largest absolute Gasteiger partial charge is 0.399 e. The number of nitrogens with zero attached hydrogens (tertiary/aromatic N) is 1. The van der Waals surface area contributed by atoms with Gasteiger partial charge in [-0.2, -0.15) is 11.8 Å². The lowest BCUT2D eigenvalue weighted by Gasteiger charge is -2.30. The van der Waals surface area contributed by atoms with Crippen molar-refractivity contribution < 1.29 is 0 Å². The highest BCUT2D eigenvalue weighted by atomic mass is 32.2. The van der Waals surface area contributed by atoms with Gasteiger partial charge in [-0.25, -0.2) is 0 Å². The molecule has 1 saturated heterocycles. The Morgan fingerprint density at radius 3 is 2.94 bits per heavy atom. The standard InChI is InChI=1S/C13H18N2S/c14-12-4-3-10-7-15(8-11(10)6-12)13-2-1-5-16-9-13/h3-4,6,13H,1-2,5,7-9,14H2. The molecule has 2 nitrogen and oxygen atoms in total. The van der Waals surface area contributed by atoms with Gasteiger partial charge in [0.05, 0.1) is 0 Å². The molecule has 2 N–H and O–H groups in total. The molecule has 1 aromatic carbocycles. The predicted octanol–water partition coefficient (Wildman–Crippen LogP) is 2.48. The molecule has 3 rings (SSSR count). The number of thioether (sulfide) groups is 1. The van der Waals surface area contributed by atoms with Crippen LogP contribution >= 0.6 is 11.8 Å². The topological polar surface area (TPSA) is 29.3 Å².